The lowest BCUT2D eigenvalue weighted by molar-refractivity contribution is -0.0950. The summed E-state index contributed by atoms with van der Waals surface area (Å²) in [6.07, 6.45) is 3.05. The van der Waals surface area contributed by atoms with Crippen LogP contribution in [0.5, 0.6) is 0 Å². The first-order valence-corrected chi connectivity index (χ1v) is 10.00. The van der Waals surface area contributed by atoms with Crippen LogP contribution in [0.2, 0.25) is 0 Å². The molecule has 0 bridgehead atoms. The Bertz CT molecular complexity index is 906. The van der Waals surface area contributed by atoms with Gasteiger partial charge in [0.2, 0.25) is 6.61 Å². The molecule has 1 fully saturated rings. The SMILES string of the molecule is COC1(c2cc(F)cc(Sc3ccc(C(C)=NOCC#N)cn3)c2)CCOCC1. The number of oxime groups is 1. The van der Waals surface area contributed by atoms with Crippen LogP contribution in [0.3, 0.4) is 0 Å². The third-order valence-corrected chi connectivity index (χ3v) is 5.72. The Morgan fingerprint density at radius 2 is 2.14 bits per heavy atom. The molecule has 0 N–H and O–H groups in total. The summed E-state index contributed by atoms with van der Waals surface area (Å²) >= 11 is 1.38. The molecule has 0 unspecified atom stereocenters. The first kappa shape index (κ1) is 21.2. The molecule has 0 spiro atoms. The van der Waals surface area contributed by atoms with E-state index in [4.69, 9.17) is 19.6 Å². The quantitative estimate of drug-likeness (QED) is 0.381. The van der Waals surface area contributed by atoms with E-state index < -0.39 is 5.60 Å². The molecule has 8 heteroatoms. The highest BCUT2D eigenvalue weighted by atomic mass is 32.2. The second kappa shape index (κ2) is 9.83. The molecule has 1 saturated heterocycles. The van der Waals surface area contributed by atoms with E-state index in [1.54, 1.807) is 20.2 Å². The minimum absolute atomic E-state index is 0.101. The van der Waals surface area contributed by atoms with Crippen LogP contribution < -0.4 is 0 Å². The minimum Gasteiger partial charge on any atom is -0.381 e. The van der Waals surface area contributed by atoms with Gasteiger partial charge in [-0.2, -0.15) is 5.26 Å². The molecule has 2 aromatic rings. The minimum atomic E-state index is -0.524. The summed E-state index contributed by atoms with van der Waals surface area (Å²) in [7, 11) is 1.66. The Morgan fingerprint density at radius 3 is 2.79 bits per heavy atom. The second-order valence-corrected chi connectivity index (χ2v) is 7.68. The number of hydrogen-bond donors (Lipinski definition) is 0. The van der Waals surface area contributed by atoms with Gasteiger partial charge in [-0.1, -0.05) is 16.9 Å². The third kappa shape index (κ3) is 5.32. The molecular weight excluding hydrogens is 393 g/mol. The van der Waals surface area contributed by atoms with Crippen molar-refractivity contribution in [3.63, 3.8) is 0 Å². The largest absolute Gasteiger partial charge is 0.381 e. The lowest BCUT2D eigenvalue weighted by Gasteiger charge is -2.36. The zero-order chi connectivity index (χ0) is 20.7. The van der Waals surface area contributed by atoms with E-state index in [9.17, 15) is 4.39 Å². The Balaban J connectivity index is 1.77. The van der Waals surface area contributed by atoms with Gasteiger partial charge in [-0.05, 0) is 42.8 Å². The fraction of sp³-hybridized carbons (Fsp3) is 0.381. The summed E-state index contributed by atoms with van der Waals surface area (Å²) in [4.78, 5) is 10.0. The van der Waals surface area contributed by atoms with Crippen LogP contribution in [0.25, 0.3) is 0 Å². The van der Waals surface area contributed by atoms with E-state index >= 15 is 0 Å². The molecule has 1 aromatic heterocycles. The first-order valence-electron chi connectivity index (χ1n) is 9.18. The summed E-state index contributed by atoms with van der Waals surface area (Å²) in [6, 6.07) is 10.5. The van der Waals surface area contributed by atoms with Crippen molar-refractivity contribution < 1.29 is 18.7 Å². The van der Waals surface area contributed by atoms with Gasteiger partial charge < -0.3 is 14.3 Å². The third-order valence-electron chi connectivity index (χ3n) is 4.80. The summed E-state index contributed by atoms with van der Waals surface area (Å²) < 4.78 is 25.6. The van der Waals surface area contributed by atoms with Crippen molar-refractivity contribution in [3.05, 3.63) is 53.5 Å². The summed E-state index contributed by atoms with van der Waals surface area (Å²) in [5.74, 6) is -0.304. The molecule has 1 aromatic carbocycles. The first-order chi connectivity index (χ1) is 14.1. The van der Waals surface area contributed by atoms with Crippen LogP contribution in [-0.2, 0) is 19.9 Å². The van der Waals surface area contributed by atoms with Gasteiger partial charge in [0.1, 0.15) is 16.9 Å². The van der Waals surface area contributed by atoms with Crippen LogP contribution in [-0.4, -0.2) is 37.6 Å². The molecule has 29 heavy (non-hydrogen) atoms. The number of nitrogens with zero attached hydrogens (tertiary/aromatic N) is 3. The van der Waals surface area contributed by atoms with E-state index in [1.807, 2.05) is 24.3 Å². The second-order valence-electron chi connectivity index (χ2n) is 6.58. The molecule has 0 aliphatic carbocycles. The van der Waals surface area contributed by atoms with Gasteiger partial charge in [-0.25, -0.2) is 9.37 Å². The molecule has 0 atom stereocenters. The predicted molar refractivity (Wildman–Crippen MR) is 107 cm³/mol. The Morgan fingerprint density at radius 1 is 1.34 bits per heavy atom. The highest BCUT2D eigenvalue weighted by Crippen LogP contribution is 2.38. The number of rotatable bonds is 7. The molecule has 0 amide bonds. The number of methoxy groups -OCH3 is 1. The number of aromatic nitrogens is 1. The highest BCUT2D eigenvalue weighted by molar-refractivity contribution is 7.99. The van der Waals surface area contributed by atoms with Crippen molar-refractivity contribution in [2.24, 2.45) is 5.16 Å². The summed E-state index contributed by atoms with van der Waals surface area (Å²) in [6.45, 7) is 2.86. The average molecular weight is 415 g/mol. The van der Waals surface area contributed by atoms with E-state index in [0.717, 1.165) is 21.0 Å². The number of benzene rings is 1. The Labute approximate surface area is 173 Å². The van der Waals surface area contributed by atoms with E-state index in [1.165, 1.54) is 23.9 Å². The zero-order valence-electron chi connectivity index (χ0n) is 16.4. The Kier molecular flexibility index (Phi) is 7.20. The average Bonchev–Trinajstić information content (AvgIpc) is 2.74. The van der Waals surface area contributed by atoms with Crippen LogP contribution in [0.1, 0.15) is 30.9 Å². The summed E-state index contributed by atoms with van der Waals surface area (Å²) in [5, 5.41) is 13.1. The van der Waals surface area contributed by atoms with Gasteiger partial charge in [0.25, 0.3) is 0 Å². The monoisotopic (exact) mass is 415 g/mol. The van der Waals surface area contributed by atoms with E-state index in [0.29, 0.717) is 31.8 Å². The van der Waals surface area contributed by atoms with Crippen molar-refractivity contribution >= 4 is 17.5 Å². The molecule has 0 saturated carbocycles. The van der Waals surface area contributed by atoms with Crippen LogP contribution >= 0.6 is 11.8 Å². The lowest BCUT2D eigenvalue weighted by atomic mass is 9.86. The maximum Gasteiger partial charge on any atom is 0.202 e. The molecule has 1 aliphatic heterocycles. The highest BCUT2D eigenvalue weighted by Gasteiger charge is 2.35. The fourth-order valence-corrected chi connectivity index (χ4v) is 4.02. The van der Waals surface area contributed by atoms with Crippen LogP contribution in [0.15, 0.2) is 51.6 Å². The number of nitriles is 1. The van der Waals surface area contributed by atoms with Gasteiger partial charge >= 0.3 is 0 Å². The maximum absolute atomic E-state index is 14.3. The lowest BCUT2D eigenvalue weighted by Crippen LogP contribution is -2.35. The molecule has 2 heterocycles. The van der Waals surface area contributed by atoms with Crippen LogP contribution in [0.4, 0.5) is 4.39 Å². The van der Waals surface area contributed by atoms with Crippen molar-refractivity contribution in [2.75, 3.05) is 26.9 Å². The van der Waals surface area contributed by atoms with Crippen molar-refractivity contribution in [1.82, 2.24) is 4.98 Å². The normalized spacial score (nSPS) is 16.3. The van der Waals surface area contributed by atoms with Crippen molar-refractivity contribution in [2.45, 2.75) is 35.3 Å². The molecular formula is C21H22FN3O3S. The van der Waals surface area contributed by atoms with Crippen molar-refractivity contribution in [3.8, 4) is 6.07 Å². The van der Waals surface area contributed by atoms with E-state index in [2.05, 4.69) is 10.1 Å². The number of ether oxygens (including phenoxy) is 2. The molecule has 3 rings (SSSR count). The Hall–Kier alpha value is -2.47. The van der Waals surface area contributed by atoms with Gasteiger partial charge in [0.05, 0.1) is 11.3 Å². The molecule has 6 nitrogen and oxygen atoms in total. The van der Waals surface area contributed by atoms with E-state index in [-0.39, 0.29) is 12.4 Å². The molecule has 0 radical (unpaired) electrons. The van der Waals surface area contributed by atoms with Gasteiger partial charge in [-0.3, -0.25) is 0 Å². The molecule has 152 valence electrons. The van der Waals surface area contributed by atoms with Gasteiger partial charge in [-0.15, -0.1) is 0 Å². The van der Waals surface area contributed by atoms with Crippen molar-refractivity contribution in [1.29, 1.82) is 5.26 Å². The zero-order valence-corrected chi connectivity index (χ0v) is 17.2. The van der Waals surface area contributed by atoms with Crippen LogP contribution in [0, 0.1) is 17.1 Å². The standard InChI is InChI=1S/C21H22FN3O3S/c1-15(25-28-10-7-23)16-3-4-20(24-14-16)29-19-12-17(11-18(22)13-19)21(26-2)5-8-27-9-6-21/h3-4,11-14H,5-6,8-10H2,1-2H3. The predicted octanol–water partition coefficient (Wildman–Crippen LogP) is 4.29. The number of hydrogen-bond acceptors (Lipinski definition) is 7. The molecule has 1 aliphatic rings. The smallest absolute Gasteiger partial charge is 0.202 e. The van der Waals surface area contributed by atoms with Gasteiger partial charge in [0, 0.05) is 49.8 Å². The topological polar surface area (TPSA) is 76.7 Å². The maximum atomic E-state index is 14.3. The number of pyridine rings is 1. The van der Waals surface area contributed by atoms with Gasteiger partial charge in [0.15, 0.2) is 0 Å². The fourth-order valence-electron chi connectivity index (χ4n) is 3.18. The number of halogens is 1. The summed E-state index contributed by atoms with van der Waals surface area (Å²) in [5.41, 5.74) is 1.70.